The van der Waals surface area contributed by atoms with Crippen molar-refractivity contribution in [3.63, 3.8) is 0 Å². The van der Waals surface area contributed by atoms with Crippen LogP contribution in [0.25, 0.3) is 0 Å². The summed E-state index contributed by atoms with van der Waals surface area (Å²) in [7, 11) is 0. The van der Waals surface area contributed by atoms with Gasteiger partial charge in [0.05, 0.1) is 0 Å². The molecule has 0 aliphatic carbocycles. The summed E-state index contributed by atoms with van der Waals surface area (Å²) >= 11 is 3.42. The Morgan fingerprint density at radius 1 is 1.05 bits per heavy atom. The number of ether oxygens (including phenoxy) is 1. The van der Waals surface area contributed by atoms with Gasteiger partial charge >= 0.3 is 0 Å². The second-order valence-corrected chi connectivity index (χ2v) is 4.69. The zero-order valence-corrected chi connectivity index (χ0v) is 11.6. The number of para-hydroxylation sites is 1. The van der Waals surface area contributed by atoms with Crippen molar-refractivity contribution in [2.24, 2.45) is 0 Å². The van der Waals surface area contributed by atoms with E-state index in [4.69, 9.17) is 4.74 Å². The van der Waals surface area contributed by atoms with Gasteiger partial charge < -0.3 is 10.1 Å². The molecular weight excluding hydrogens is 316 g/mol. The Labute approximate surface area is 118 Å². The highest BCUT2D eigenvalue weighted by atomic mass is 79.9. The molecule has 0 atom stereocenters. The van der Waals surface area contributed by atoms with E-state index >= 15 is 0 Å². The van der Waals surface area contributed by atoms with Gasteiger partial charge in [0.2, 0.25) is 0 Å². The van der Waals surface area contributed by atoms with Crippen molar-refractivity contribution < 1.29 is 13.5 Å². The quantitative estimate of drug-likeness (QED) is 0.830. The van der Waals surface area contributed by atoms with Crippen molar-refractivity contribution in [1.29, 1.82) is 0 Å². The lowest BCUT2D eigenvalue weighted by Crippen LogP contribution is -2.11. The molecule has 100 valence electrons. The molecule has 0 spiro atoms. The molecule has 0 aromatic heterocycles. The molecule has 2 nitrogen and oxygen atoms in total. The Morgan fingerprint density at radius 3 is 2.58 bits per heavy atom. The van der Waals surface area contributed by atoms with E-state index in [1.54, 1.807) is 0 Å². The van der Waals surface area contributed by atoms with E-state index in [0.717, 1.165) is 22.3 Å². The van der Waals surface area contributed by atoms with E-state index < -0.39 is 11.6 Å². The maximum absolute atomic E-state index is 12.9. The third kappa shape index (κ3) is 3.92. The van der Waals surface area contributed by atoms with Crippen LogP contribution in [0, 0.1) is 11.6 Å². The van der Waals surface area contributed by atoms with Crippen LogP contribution in [-0.4, -0.2) is 13.2 Å². The number of halogens is 3. The van der Waals surface area contributed by atoms with Crippen LogP contribution in [0.1, 0.15) is 0 Å². The Morgan fingerprint density at radius 2 is 1.84 bits per heavy atom. The van der Waals surface area contributed by atoms with E-state index in [0.29, 0.717) is 18.9 Å². The lowest BCUT2D eigenvalue weighted by atomic mass is 10.3. The topological polar surface area (TPSA) is 21.3 Å². The number of anilines is 1. The number of hydrogen-bond acceptors (Lipinski definition) is 2. The summed E-state index contributed by atoms with van der Waals surface area (Å²) in [6.45, 7) is 0.911. The summed E-state index contributed by atoms with van der Waals surface area (Å²) in [6.07, 6.45) is 0. The first-order valence-corrected chi connectivity index (χ1v) is 6.52. The molecule has 0 aliphatic rings. The number of rotatable bonds is 5. The van der Waals surface area contributed by atoms with Gasteiger partial charge in [-0.15, -0.1) is 0 Å². The normalized spacial score (nSPS) is 10.3. The largest absolute Gasteiger partial charge is 0.492 e. The third-order valence-electron chi connectivity index (χ3n) is 2.45. The first-order chi connectivity index (χ1) is 9.16. The number of hydrogen-bond donors (Lipinski definition) is 1. The second kappa shape index (κ2) is 6.52. The zero-order valence-electron chi connectivity index (χ0n) is 10.00. The van der Waals surface area contributed by atoms with Crippen LogP contribution in [0.2, 0.25) is 0 Å². The molecule has 0 amide bonds. The van der Waals surface area contributed by atoms with Crippen LogP contribution in [0.15, 0.2) is 46.9 Å². The minimum Gasteiger partial charge on any atom is -0.492 e. The lowest BCUT2D eigenvalue weighted by Gasteiger charge is -2.10. The van der Waals surface area contributed by atoms with Crippen molar-refractivity contribution in [2.75, 3.05) is 18.5 Å². The molecule has 0 heterocycles. The minimum absolute atomic E-state index is 0.313. The second-order valence-electron chi connectivity index (χ2n) is 3.83. The van der Waals surface area contributed by atoms with Gasteiger partial charge in [-0.05, 0) is 40.2 Å². The van der Waals surface area contributed by atoms with Crippen molar-refractivity contribution in [3.8, 4) is 5.75 Å². The molecule has 0 fully saturated rings. The maximum atomic E-state index is 12.9. The summed E-state index contributed by atoms with van der Waals surface area (Å²) in [5, 5.41) is 3.17. The Bertz CT molecular complexity index is 563. The molecule has 2 aromatic carbocycles. The molecule has 2 aromatic rings. The van der Waals surface area contributed by atoms with Crippen molar-refractivity contribution >= 4 is 21.6 Å². The Hall–Kier alpha value is -1.62. The molecule has 0 saturated heterocycles. The summed E-state index contributed by atoms with van der Waals surface area (Å²) < 4.78 is 31.9. The highest BCUT2D eigenvalue weighted by molar-refractivity contribution is 9.10. The SMILES string of the molecule is Fc1ccc(OCCNc2ccccc2Br)cc1F. The first-order valence-electron chi connectivity index (χ1n) is 5.73. The molecule has 2 rings (SSSR count). The smallest absolute Gasteiger partial charge is 0.162 e. The van der Waals surface area contributed by atoms with Crippen LogP contribution >= 0.6 is 15.9 Å². The van der Waals surface area contributed by atoms with E-state index in [-0.39, 0.29) is 0 Å². The summed E-state index contributed by atoms with van der Waals surface area (Å²) in [6, 6.07) is 11.2. The number of nitrogens with one attached hydrogen (secondary N) is 1. The standard InChI is InChI=1S/C14H12BrF2NO/c15-11-3-1-2-4-14(11)18-7-8-19-10-5-6-12(16)13(17)9-10/h1-6,9,18H,7-8H2. The number of benzene rings is 2. The van der Waals surface area contributed by atoms with Gasteiger partial charge in [0.1, 0.15) is 12.4 Å². The molecule has 5 heteroatoms. The van der Waals surface area contributed by atoms with Crippen molar-refractivity contribution in [2.45, 2.75) is 0 Å². The predicted octanol–water partition coefficient (Wildman–Crippen LogP) is 4.22. The fourth-order valence-corrected chi connectivity index (χ4v) is 1.95. The van der Waals surface area contributed by atoms with E-state index in [1.807, 2.05) is 24.3 Å². The van der Waals surface area contributed by atoms with Crippen LogP contribution in [0.3, 0.4) is 0 Å². The molecule has 0 aliphatic heterocycles. The van der Waals surface area contributed by atoms with Crippen LogP contribution < -0.4 is 10.1 Å². The third-order valence-corrected chi connectivity index (χ3v) is 3.14. The molecule has 19 heavy (non-hydrogen) atoms. The predicted molar refractivity (Wildman–Crippen MR) is 74.5 cm³/mol. The summed E-state index contributed by atoms with van der Waals surface area (Å²) in [5.74, 6) is -1.47. The average Bonchev–Trinajstić information content (AvgIpc) is 2.40. The van der Waals surface area contributed by atoms with E-state index in [9.17, 15) is 8.78 Å². The summed E-state index contributed by atoms with van der Waals surface area (Å²) in [4.78, 5) is 0. The first kappa shape index (κ1) is 13.8. The fourth-order valence-electron chi connectivity index (χ4n) is 1.53. The molecule has 1 N–H and O–H groups in total. The highest BCUT2D eigenvalue weighted by Gasteiger charge is 2.03. The van der Waals surface area contributed by atoms with Gasteiger partial charge in [0.25, 0.3) is 0 Å². The molecule has 0 unspecified atom stereocenters. The molecular formula is C14H12BrF2NO. The Kier molecular flexibility index (Phi) is 4.74. The highest BCUT2D eigenvalue weighted by Crippen LogP contribution is 2.21. The summed E-state index contributed by atoms with van der Waals surface area (Å²) in [5.41, 5.74) is 0.955. The van der Waals surface area contributed by atoms with E-state index in [1.165, 1.54) is 6.07 Å². The van der Waals surface area contributed by atoms with Gasteiger partial charge in [0, 0.05) is 22.8 Å². The zero-order chi connectivity index (χ0) is 13.7. The monoisotopic (exact) mass is 327 g/mol. The van der Waals surface area contributed by atoms with Crippen LogP contribution in [0.4, 0.5) is 14.5 Å². The van der Waals surface area contributed by atoms with Crippen molar-refractivity contribution in [3.05, 3.63) is 58.6 Å². The van der Waals surface area contributed by atoms with Gasteiger partial charge in [0.15, 0.2) is 11.6 Å². The van der Waals surface area contributed by atoms with Gasteiger partial charge in [-0.1, -0.05) is 12.1 Å². The van der Waals surface area contributed by atoms with Crippen LogP contribution in [0.5, 0.6) is 5.75 Å². The minimum atomic E-state index is -0.906. The fraction of sp³-hybridized carbons (Fsp3) is 0.143. The van der Waals surface area contributed by atoms with E-state index in [2.05, 4.69) is 21.2 Å². The van der Waals surface area contributed by atoms with Gasteiger partial charge in [-0.2, -0.15) is 0 Å². The lowest BCUT2D eigenvalue weighted by molar-refractivity contribution is 0.329. The van der Waals surface area contributed by atoms with Crippen LogP contribution in [-0.2, 0) is 0 Å². The van der Waals surface area contributed by atoms with Gasteiger partial charge in [-0.25, -0.2) is 8.78 Å². The Balaban J connectivity index is 1.81. The van der Waals surface area contributed by atoms with Gasteiger partial charge in [-0.3, -0.25) is 0 Å². The maximum Gasteiger partial charge on any atom is 0.162 e. The molecule has 0 bridgehead atoms. The molecule has 0 saturated carbocycles. The van der Waals surface area contributed by atoms with Crippen molar-refractivity contribution in [1.82, 2.24) is 0 Å². The molecule has 0 radical (unpaired) electrons. The average molecular weight is 328 g/mol.